The molecule has 0 saturated heterocycles. The van der Waals surface area contributed by atoms with Crippen molar-refractivity contribution in [2.45, 2.75) is 37.9 Å². The molecule has 31 heavy (non-hydrogen) atoms. The molecule has 1 saturated carbocycles. The molecular weight excluding hydrogens is 392 g/mol. The first-order valence-electron chi connectivity index (χ1n) is 10.5. The summed E-state index contributed by atoms with van der Waals surface area (Å²) in [5.41, 5.74) is 4.98. The minimum absolute atomic E-state index is 0. The maximum absolute atomic E-state index is 13.3. The van der Waals surface area contributed by atoms with Crippen LogP contribution in [0.2, 0.25) is 0 Å². The summed E-state index contributed by atoms with van der Waals surface area (Å²) in [6.07, 6.45) is 2.02. The number of benzene rings is 3. The van der Waals surface area contributed by atoms with Crippen LogP contribution in [0.5, 0.6) is 11.5 Å². The highest BCUT2D eigenvalue weighted by Gasteiger charge is 2.50. The summed E-state index contributed by atoms with van der Waals surface area (Å²) in [5.74, 6) is 1.63. The fourth-order valence-corrected chi connectivity index (χ4v) is 4.33. The summed E-state index contributed by atoms with van der Waals surface area (Å²) in [5, 5.41) is 19.1. The van der Waals surface area contributed by atoms with Crippen molar-refractivity contribution >= 4 is 5.78 Å². The first kappa shape index (κ1) is 19.8. The lowest BCUT2D eigenvalue weighted by Gasteiger charge is -2.16. The van der Waals surface area contributed by atoms with Crippen LogP contribution in [0.1, 0.15) is 36.5 Å². The Labute approximate surface area is 182 Å². The van der Waals surface area contributed by atoms with E-state index in [-0.39, 0.29) is 27.2 Å². The Morgan fingerprint density at radius 2 is 1.61 bits per heavy atom. The quantitative estimate of drug-likeness (QED) is 0.603. The number of ether oxygens (including phenoxy) is 2. The number of hydrogen-bond donors (Lipinski definition) is 2. The predicted octanol–water partition coefficient (Wildman–Crippen LogP) is 4.16. The third kappa shape index (κ3) is 3.60. The molecule has 2 aliphatic rings. The van der Waals surface area contributed by atoms with Crippen LogP contribution in [0.25, 0.3) is 11.1 Å². The van der Waals surface area contributed by atoms with Gasteiger partial charge in [0.15, 0.2) is 11.5 Å². The molecule has 0 radical (unpaired) electrons. The summed E-state index contributed by atoms with van der Waals surface area (Å²) in [4.78, 5) is 13.3. The fraction of sp³-hybridized carbons (Fsp3) is 0.269. The number of carbonyl (C=O) groups is 1. The van der Waals surface area contributed by atoms with Crippen molar-refractivity contribution in [3.63, 3.8) is 0 Å². The minimum Gasteiger partial charge on any atom is -0.454 e. The van der Waals surface area contributed by atoms with E-state index in [2.05, 4.69) is 0 Å². The lowest BCUT2D eigenvalue weighted by Crippen LogP contribution is -2.22. The van der Waals surface area contributed by atoms with E-state index in [0.717, 1.165) is 52.0 Å². The molecule has 5 rings (SSSR count). The highest BCUT2D eigenvalue weighted by molar-refractivity contribution is 5.95. The molecule has 1 fully saturated rings. The Morgan fingerprint density at radius 1 is 0.871 bits per heavy atom. The van der Waals surface area contributed by atoms with E-state index in [4.69, 9.17) is 9.47 Å². The van der Waals surface area contributed by atoms with Crippen molar-refractivity contribution in [2.24, 2.45) is 0 Å². The second-order valence-corrected chi connectivity index (χ2v) is 8.25. The molecule has 1 heterocycles. The third-order valence-corrected chi connectivity index (χ3v) is 6.37. The van der Waals surface area contributed by atoms with Gasteiger partial charge in [0.25, 0.3) is 0 Å². The van der Waals surface area contributed by atoms with E-state index in [0.29, 0.717) is 12.2 Å². The van der Waals surface area contributed by atoms with Crippen LogP contribution in [-0.4, -0.2) is 22.8 Å². The van der Waals surface area contributed by atoms with Gasteiger partial charge in [-0.1, -0.05) is 48.5 Å². The predicted molar refractivity (Wildman–Crippen MR) is 118 cm³/mol. The zero-order valence-corrected chi connectivity index (χ0v) is 17.1. The van der Waals surface area contributed by atoms with Crippen molar-refractivity contribution in [3.05, 3.63) is 82.9 Å². The molecule has 2 N–H and O–H groups in total. The van der Waals surface area contributed by atoms with Crippen LogP contribution in [0.15, 0.2) is 60.7 Å². The number of rotatable bonds is 7. The largest absolute Gasteiger partial charge is 0.454 e. The van der Waals surface area contributed by atoms with Crippen LogP contribution < -0.4 is 9.47 Å². The fourth-order valence-electron chi connectivity index (χ4n) is 4.33. The molecule has 1 aliphatic heterocycles. The van der Waals surface area contributed by atoms with Crippen LogP contribution in [0, 0.1) is 0 Å². The van der Waals surface area contributed by atoms with Gasteiger partial charge in [-0.2, -0.15) is 0 Å². The molecule has 160 valence electrons. The number of aliphatic hydroxyl groups excluding tert-OH is 2. The average Bonchev–Trinajstić information content (AvgIpc) is 3.50. The number of Topliss-reactive ketones (excluding diaryl/α,β-unsaturated/α-hetero) is 1. The standard InChI is InChI=1S/C26H24O5.H2/c27-14-17-1-4-19(5-2-17)22-11-18(3-6-20(22)15-28)12-25(29)26(9-10-26)21-7-8-23-24(13-21)31-16-30-23;/h1-8,11,13,27-28H,9-10,12,14-16H2;1H. The van der Waals surface area contributed by atoms with E-state index in [1.54, 1.807) is 0 Å². The molecule has 0 unspecified atom stereocenters. The van der Waals surface area contributed by atoms with Gasteiger partial charge in [-0.15, -0.1) is 0 Å². The lowest BCUT2D eigenvalue weighted by atomic mass is 9.86. The Morgan fingerprint density at radius 3 is 2.32 bits per heavy atom. The maximum atomic E-state index is 13.3. The van der Waals surface area contributed by atoms with Gasteiger partial charge >= 0.3 is 0 Å². The van der Waals surface area contributed by atoms with E-state index in [9.17, 15) is 15.0 Å². The van der Waals surface area contributed by atoms with Gasteiger partial charge in [-0.05, 0) is 58.4 Å². The van der Waals surface area contributed by atoms with Crippen molar-refractivity contribution in [1.82, 2.24) is 0 Å². The van der Waals surface area contributed by atoms with Gasteiger partial charge in [0.2, 0.25) is 6.79 Å². The molecule has 5 nitrogen and oxygen atoms in total. The van der Waals surface area contributed by atoms with Gasteiger partial charge in [0.1, 0.15) is 5.78 Å². The van der Waals surface area contributed by atoms with Crippen molar-refractivity contribution in [3.8, 4) is 22.6 Å². The van der Waals surface area contributed by atoms with Crippen LogP contribution in [0.3, 0.4) is 0 Å². The van der Waals surface area contributed by atoms with E-state index in [1.165, 1.54) is 0 Å². The van der Waals surface area contributed by atoms with Gasteiger partial charge < -0.3 is 19.7 Å². The summed E-state index contributed by atoms with van der Waals surface area (Å²) in [7, 11) is 0. The topological polar surface area (TPSA) is 76.0 Å². The van der Waals surface area contributed by atoms with Crippen molar-refractivity contribution in [2.75, 3.05) is 6.79 Å². The highest BCUT2D eigenvalue weighted by atomic mass is 16.7. The Bertz CT molecular complexity index is 1140. The lowest BCUT2D eigenvalue weighted by molar-refractivity contribution is -0.120. The van der Waals surface area contributed by atoms with E-state index in [1.807, 2.05) is 60.7 Å². The Kier molecular flexibility index (Phi) is 5.00. The normalized spacial score (nSPS) is 15.7. The molecule has 3 aromatic rings. The monoisotopic (exact) mass is 418 g/mol. The first-order valence-corrected chi connectivity index (χ1v) is 10.5. The molecule has 0 aromatic heterocycles. The Balaban J connectivity index is 0.00000245. The second-order valence-electron chi connectivity index (χ2n) is 8.25. The van der Waals surface area contributed by atoms with Crippen LogP contribution >= 0.6 is 0 Å². The van der Waals surface area contributed by atoms with Gasteiger partial charge in [-0.3, -0.25) is 4.79 Å². The average molecular weight is 418 g/mol. The molecule has 3 aromatic carbocycles. The number of carbonyl (C=O) groups excluding carboxylic acids is 1. The summed E-state index contributed by atoms with van der Waals surface area (Å²) in [6.45, 7) is 0.134. The molecule has 0 spiro atoms. The zero-order valence-electron chi connectivity index (χ0n) is 17.1. The second kappa shape index (κ2) is 7.84. The number of ketones is 1. The first-order chi connectivity index (χ1) is 15.1. The number of aliphatic hydroxyl groups is 2. The van der Waals surface area contributed by atoms with Crippen molar-refractivity contribution < 1.29 is 25.9 Å². The maximum Gasteiger partial charge on any atom is 0.231 e. The zero-order chi connectivity index (χ0) is 21.4. The number of fused-ring (bicyclic) bond motifs is 1. The molecular formula is C26H26O5. The smallest absolute Gasteiger partial charge is 0.231 e. The van der Waals surface area contributed by atoms with Crippen LogP contribution in [-0.2, 0) is 29.8 Å². The molecule has 0 bridgehead atoms. The van der Waals surface area contributed by atoms with Crippen molar-refractivity contribution in [1.29, 1.82) is 0 Å². The van der Waals surface area contributed by atoms with Gasteiger partial charge in [0.05, 0.1) is 18.6 Å². The van der Waals surface area contributed by atoms with E-state index < -0.39 is 5.41 Å². The molecule has 0 amide bonds. The van der Waals surface area contributed by atoms with Gasteiger partial charge in [-0.25, -0.2) is 0 Å². The molecule has 0 atom stereocenters. The Hall–Kier alpha value is -3.15. The molecule has 1 aliphatic carbocycles. The third-order valence-electron chi connectivity index (χ3n) is 6.37. The SMILES string of the molecule is O=C(Cc1ccc(CO)c(-c2ccc(CO)cc2)c1)C1(c2ccc3c(c2)OCO3)CC1.[HH]. The van der Waals surface area contributed by atoms with E-state index >= 15 is 0 Å². The van der Waals surface area contributed by atoms with Crippen LogP contribution in [0.4, 0.5) is 0 Å². The highest BCUT2D eigenvalue weighted by Crippen LogP contribution is 2.51. The summed E-state index contributed by atoms with van der Waals surface area (Å²) >= 11 is 0. The number of hydrogen-bond acceptors (Lipinski definition) is 5. The minimum atomic E-state index is -0.445. The molecule has 5 heteroatoms. The summed E-state index contributed by atoms with van der Waals surface area (Å²) < 4.78 is 10.9. The van der Waals surface area contributed by atoms with Gasteiger partial charge in [0, 0.05) is 7.85 Å². The summed E-state index contributed by atoms with van der Waals surface area (Å²) in [6, 6.07) is 19.2.